The summed E-state index contributed by atoms with van der Waals surface area (Å²) in [6, 6.07) is 16.7. The highest BCUT2D eigenvalue weighted by molar-refractivity contribution is 7.18. The van der Waals surface area contributed by atoms with Crippen LogP contribution >= 0.6 is 11.3 Å². The summed E-state index contributed by atoms with van der Waals surface area (Å²) in [7, 11) is 0. The zero-order valence-corrected chi connectivity index (χ0v) is 20.7. The molecule has 0 saturated carbocycles. The second kappa shape index (κ2) is 9.67. The Labute approximate surface area is 210 Å². The van der Waals surface area contributed by atoms with Crippen molar-refractivity contribution in [3.05, 3.63) is 98.3 Å². The van der Waals surface area contributed by atoms with Crippen molar-refractivity contribution in [2.75, 3.05) is 0 Å². The first-order valence-electron chi connectivity index (χ1n) is 11.3. The van der Waals surface area contributed by atoms with E-state index in [-0.39, 0.29) is 18.0 Å². The third-order valence-electron chi connectivity index (χ3n) is 6.20. The molecule has 0 atom stereocenters. The zero-order chi connectivity index (χ0) is 26.2. The Kier molecular flexibility index (Phi) is 6.79. The zero-order valence-electron chi connectivity index (χ0n) is 19.9. The minimum atomic E-state index is -4.86. The van der Waals surface area contributed by atoms with Gasteiger partial charge in [0.1, 0.15) is 17.4 Å². The molecule has 0 bridgehead atoms. The Hall–Kier alpha value is -3.83. The Bertz CT molecular complexity index is 1560. The SMILES string of the molecule is CCc1ccc(Cn2c(-c3ccc(-c4ccc(O)c(C)c4)s3)cc(C(F)(F)F)c(C#N)c2=O)c(C)c1. The number of aromatic nitrogens is 1. The minimum absolute atomic E-state index is 0.0301. The van der Waals surface area contributed by atoms with Crippen LogP contribution in [0.5, 0.6) is 5.75 Å². The Morgan fingerprint density at radius 2 is 1.72 bits per heavy atom. The van der Waals surface area contributed by atoms with Gasteiger partial charge in [0.2, 0.25) is 0 Å². The quantitative estimate of drug-likeness (QED) is 0.314. The van der Waals surface area contributed by atoms with Gasteiger partial charge in [-0.1, -0.05) is 25.1 Å². The maximum atomic E-state index is 13.9. The van der Waals surface area contributed by atoms with Gasteiger partial charge in [-0.05, 0) is 84.5 Å². The van der Waals surface area contributed by atoms with Crippen LogP contribution in [-0.2, 0) is 19.1 Å². The molecule has 0 aliphatic rings. The maximum Gasteiger partial charge on any atom is 0.417 e. The number of hydrogen-bond donors (Lipinski definition) is 1. The van der Waals surface area contributed by atoms with Crippen molar-refractivity contribution in [3.8, 4) is 32.8 Å². The molecule has 0 spiro atoms. The number of phenolic OH excluding ortho intramolecular Hbond substituents is 1. The second-order valence-electron chi connectivity index (χ2n) is 8.60. The normalized spacial score (nSPS) is 11.5. The molecule has 4 nitrogen and oxygen atoms in total. The molecule has 36 heavy (non-hydrogen) atoms. The molecular formula is C28H23F3N2O2S. The van der Waals surface area contributed by atoms with Crippen LogP contribution in [0.3, 0.4) is 0 Å². The Morgan fingerprint density at radius 1 is 1.00 bits per heavy atom. The Morgan fingerprint density at radius 3 is 2.33 bits per heavy atom. The van der Waals surface area contributed by atoms with Crippen molar-refractivity contribution in [2.45, 2.75) is 39.9 Å². The molecule has 1 N–H and O–H groups in total. The van der Waals surface area contributed by atoms with Crippen LogP contribution < -0.4 is 5.56 Å². The van der Waals surface area contributed by atoms with Gasteiger partial charge in [-0.15, -0.1) is 11.3 Å². The van der Waals surface area contributed by atoms with Crippen molar-refractivity contribution in [1.82, 2.24) is 4.57 Å². The van der Waals surface area contributed by atoms with Gasteiger partial charge in [0.15, 0.2) is 0 Å². The van der Waals surface area contributed by atoms with E-state index in [1.165, 1.54) is 22.0 Å². The van der Waals surface area contributed by atoms with Crippen molar-refractivity contribution in [3.63, 3.8) is 0 Å². The van der Waals surface area contributed by atoms with E-state index in [4.69, 9.17) is 0 Å². The predicted octanol–water partition coefficient (Wildman–Crippen LogP) is 7.07. The molecule has 0 aliphatic heterocycles. The summed E-state index contributed by atoms with van der Waals surface area (Å²) in [4.78, 5) is 14.5. The van der Waals surface area contributed by atoms with Crippen LogP contribution in [-0.4, -0.2) is 9.67 Å². The number of rotatable bonds is 5. The molecule has 4 rings (SSSR count). The number of phenols is 1. The summed E-state index contributed by atoms with van der Waals surface area (Å²) >= 11 is 1.24. The molecule has 0 fully saturated rings. The maximum absolute atomic E-state index is 13.9. The van der Waals surface area contributed by atoms with Crippen molar-refractivity contribution in [2.24, 2.45) is 0 Å². The highest BCUT2D eigenvalue weighted by atomic mass is 32.1. The third kappa shape index (κ3) is 4.79. The fourth-order valence-electron chi connectivity index (χ4n) is 4.10. The lowest BCUT2D eigenvalue weighted by atomic mass is 10.0. The van der Waals surface area contributed by atoms with Crippen molar-refractivity contribution < 1.29 is 18.3 Å². The first-order valence-corrected chi connectivity index (χ1v) is 12.1. The predicted molar refractivity (Wildman–Crippen MR) is 135 cm³/mol. The third-order valence-corrected chi connectivity index (χ3v) is 7.36. The number of benzene rings is 2. The number of thiophene rings is 1. The summed E-state index contributed by atoms with van der Waals surface area (Å²) in [5, 5.41) is 19.3. The highest BCUT2D eigenvalue weighted by Gasteiger charge is 2.36. The van der Waals surface area contributed by atoms with Crippen LogP contribution in [0.2, 0.25) is 0 Å². The number of halogens is 3. The first kappa shape index (κ1) is 25.3. The number of aromatic hydroxyl groups is 1. The van der Waals surface area contributed by atoms with E-state index >= 15 is 0 Å². The van der Waals surface area contributed by atoms with Gasteiger partial charge in [0, 0.05) is 4.88 Å². The molecule has 8 heteroatoms. The van der Waals surface area contributed by atoms with E-state index in [0.717, 1.165) is 39.6 Å². The largest absolute Gasteiger partial charge is 0.508 e. The van der Waals surface area contributed by atoms with E-state index < -0.39 is 22.9 Å². The molecule has 0 amide bonds. The number of aryl methyl sites for hydroxylation is 3. The lowest BCUT2D eigenvalue weighted by Gasteiger charge is -2.18. The summed E-state index contributed by atoms with van der Waals surface area (Å²) in [5.41, 5.74) is 1.24. The lowest BCUT2D eigenvalue weighted by Crippen LogP contribution is -2.28. The lowest BCUT2D eigenvalue weighted by molar-refractivity contribution is -0.137. The number of pyridine rings is 1. The average Bonchev–Trinajstić information content (AvgIpc) is 3.32. The van der Waals surface area contributed by atoms with E-state index in [2.05, 4.69) is 0 Å². The van der Waals surface area contributed by atoms with Crippen LogP contribution in [0.15, 0.2) is 59.4 Å². The molecule has 0 saturated heterocycles. The van der Waals surface area contributed by atoms with Crippen molar-refractivity contribution >= 4 is 11.3 Å². The fourth-order valence-corrected chi connectivity index (χ4v) is 5.13. The van der Waals surface area contributed by atoms with Crippen molar-refractivity contribution in [1.29, 1.82) is 5.26 Å². The molecular weight excluding hydrogens is 485 g/mol. The fraction of sp³-hybridized carbons (Fsp3) is 0.214. The van der Waals surface area contributed by atoms with Gasteiger partial charge in [-0.2, -0.15) is 18.4 Å². The van der Waals surface area contributed by atoms with Gasteiger partial charge in [0.25, 0.3) is 5.56 Å². The number of nitriles is 1. The molecule has 2 aromatic heterocycles. The van der Waals surface area contributed by atoms with Crippen LogP contribution in [0.25, 0.3) is 21.0 Å². The van der Waals surface area contributed by atoms with E-state index in [1.54, 1.807) is 37.3 Å². The van der Waals surface area contributed by atoms with Gasteiger partial charge in [-0.25, -0.2) is 0 Å². The monoisotopic (exact) mass is 508 g/mol. The molecule has 4 aromatic rings. The Balaban J connectivity index is 1.92. The molecule has 2 aromatic carbocycles. The van der Waals surface area contributed by atoms with Gasteiger partial charge in [-0.3, -0.25) is 4.79 Å². The summed E-state index contributed by atoms with van der Waals surface area (Å²) in [6.07, 6.45) is -4.02. The molecule has 0 unspecified atom stereocenters. The van der Waals surface area contributed by atoms with Crippen LogP contribution in [0, 0.1) is 25.2 Å². The first-order chi connectivity index (χ1) is 17.0. The van der Waals surface area contributed by atoms with Gasteiger partial charge >= 0.3 is 6.18 Å². The van der Waals surface area contributed by atoms with E-state index in [1.807, 2.05) is 32.0 Å². The van der Waals surface area contributed by atoms with E-state index in [0.29, 0.717) is 10.4 Å². The standard InChI is InChI=1S/C28H23F3N2O2S/c1-4-18-5-6-20(16(2)11-18)15-33-23(13-22(28(29,30)31)21(14-32)27(33)35)26-10-9-25(36-26)19-7-8-24(34)17(3)12-19/h5-13,34H,4,15H2,1-3H3. The second-order valence-corrected chi connectivity index (χ2v) is 9.68. The van der Waals surface area contributed by atoms with E-state index in [9.17, 15) is 28.3 Å². The number of hydrogen-bond acceptors (Lipinski definition) is 4. The molecule has 184 valence electrons. The minimum Gasteiger partial charge on any atom is -0.508 e. The molecule has 2 heterocycles. The molecule has 0 aliphatic carbocycles. The van der Waals surface area contributed by atoms with Crippen LogP contribution in [0.4, 0.5) is 13.2 Å². The van der Waals surface area contributed by atoms with Gasteiger partial charge < -0.3 is 9.67 Å². The smallest absolute Gasteiger partial charge is 0.417 e. The van der Waals surface area contributed by atoms with Gasteiger partial charge in [0.05, 0.1) is 22.7 Å². The highest BCUT2D eigenvalue weighted by Crippen LogP contribution is 2.39. The number of alkyl halides is 3. The summed E-state index contributed by atoms with van der Waals surface area (Å²) in [6.45, 7) is 5.71. The average molecular weight is 509 g/mol. The number of nitrogens with zero attached hydrogens (tertiary/aromatic N) is 2. The summed E-state index contributed by atoms with van der Waals surface area (Å²) < 4.78 is 42.8. The van der Waals surface area contributed by atoms with Crippen LogP contribution in [0.1, 0.15) is 40.3 Å². The molecule has 0 radical (unpaired) electrons. The topological polar surface area (TPSA) is 66.0 Å². The summed E-state index contributed by atoms with van der Waals surface area (Å²) in [5.74, 6) is 0.149.